The predicted molar refractivity (Wildman–Crippen MR) is 169 cm³/mol. The van der Waals surface area contributed by atoms with E-state index in [0.29, 0.717) is 40.6 Å². The molecule has 43 heavy (non-hydrogen) atoms. The summed E-state index contributed by atoms with van der Waals surface area (Å²) in [7, 11) is 7.44. The van der Waals surface area contributed by atoms with Crippen molar-refractivity contribution in [1.82, 2.24) is 14.9 Å². The Hall–Kier alpha value is -5.03. The molecule has 0 atom stereocenters. The zero-order valence-corrected chi connectivity index (χ0v) is 24.8. The summed E-state index contributed by atoms with van der Waals surface area (Å²) in [6, 6.07) is 14.2. The Morgan fingerprint density at radius 2 is 1.72 bits per heavy atom. The Morgan fingerprint density at radius 3 is 2.37 bits per heavy atom. The zero-order chi connectivity index (χ0) is 31.1. The molecule has 224 valence electrons. The van der Waals surface area contributed by atoms with Crippen molar-refractivity contribution < 1.29 is 18.3 Å². The molecule has 1 aromatic heterocycles. The van der Waals surface area contributed by atoms with Crippen LogP contribution in [-0.2, 0) is 4.79 Å². The van der Waals surface area contributed by atoms with E-state index < -0.39 is 5.82 Å². The third kappa shape index (κ3) is 7.83. The largest absolute Gasteiger partial charge is 0.494 e. The number of aryl methyl sites for hydroxylation is 1. The summed E-state index contributed by atoms with van der Waals surface area (Å²) in [5.41, 5.74) is 3.91. The summed E-state index contributed by atoms with van der Waals surface area (Å²) in [5, 5.41) is 9.09. The molecule has 0 fully saturated rings. The van der Waals surface area contributed by atoms with Crippen molar-refractivity contribution in [3.63, 3.8) is 0 Å². The summed E-state index contributed by atoms with van der Waals surface area (Å²) < 4.78 is 34.2. The standard InChI is InChI=1S/C32H35F2N7O2/c1-7-30(42)36-26-17-27(29(43-6)18-28(26)41(5)15-14-40(3)4)38-32-35-19-23(21-9-11-22(33)12-10-21)31(39-32)37-25-13-8-20(2)16-24(25)34/h7-13,16-19H,1,14-15H2,2-6H3,(H,36,42)(H2,35,37,38,39). The van der Waals surface area contributed by atoms with Gasteiger partial charge in [-0.25, -0.2) is 13.8 Å². The van der Waals surface area contributed by atoms with Crippen LogP contribution in [0.5, 0.6) is 5.75 Å². The third-order valence-corrected chi connectivity index (χ3v) is 6.62. The number of anilines is 6. The van der Waals surface area contributed by atoms with E-state index in [9.17, 15) is 13.6 Å². The van der Waals surface area contributed by atoms with Crippen LogP contribution < -0.4 is 25.6 Å². The van der Waals surface area contributed by atoms with Crippen molar-refractivity contribution in [1.29, 1.82) is 0 Å². The van der Waals surface area contributed by atoms with Crippen LogP contribution in [0.2, 0.25) is 0 Å². The second kappa shape index (κ2) is 13.8. The van der Waals surface area contributed by atoms with Crippen LogP contribution in [0, 0.1) is 18.6 Å². The highest BCUT2D eigenvalue weighted by Gasteiger charge is 2.18. The lowest BCUT2D eigenvalue weighted by molar-refractivity contribution is -0.111. The fourth-order valence-electron chi connectivity index (χ4n) is 4.25. The van der Waals surface area contributed by atoms with E-state index in [2.05, 4.69) is 37.4 Å². The molecule has 1 amide bonds. The molecule has 3 N–H and O–H groups in total. The van der Waals surface area contributed by atoms with Crippen molar-refractivity contribution in [3.05, 3.63) is 90.6 Å². The van der Waals surface area contributed by atoms with Gasteiger partial charge >= 0.3 is 0 Å². The van der Waals surface area contributed by atoms with Crippen molar-refractivity contribution in [2.24, 2.45) is 0 Å². The number of rotatable bonds is 12. The Morgan fingerprint density at radius 1 is 0.977 bits per heavy atom. The van der Waals surface area contributed by atoms with Gasteiger partial charge in [0.15, 0.2) is 0 Å². The molecular formula is C32H35F2N7O2. The zero-order valence-electron chi connectivity index (χ0n) is 24.8. The number of nitrogens with one attached hydrogen (secondary N) is 3. The Balaban J connectivity index is 1.76. The van der Waals surface area contributed by atoms with E-state index in [4.69, 9.17) is 4.74 Å². The van der Waals surface area contributed by atoms with Gasteiger partial charge in [-0.3, -0.25) is 4.79 Å². The van der Waals surface area contributed by atoms with Gasteiger partial charge in [-0.05, 0) is 68.6 Å². The molecular weight excluding hydrogens is 552 g/mol. The molecule has 0 aliphatic carbocycles. The van der Waals surface area contributed by atoms with Crippen LogP contribution in [0.3, 0.4) is 0 Å². The molecule has 0 unspecified atom stereocenters. The average molecular weight is 588 g/mol. The van der Waals surface area contributed by atoms with Crippen LogP contribution in [0.1, 0.15) is 5.56 Å². The number of benzene rings is 3. The molecule has 0 bridgehead atoms. The number of carbonyl (C=O) groups excluding carboxylic acids is 1. The van der Waals surface area contributed by atoms with Crippen LogP contribution in [0.15, 0.2) is 73.4 Å². The van der Waals surface area contributed by atoms with Gasteiger partial charge in [0, 0.05) is 38.0 Å². The topological polar surface area (TPSA) is 94.6 Å². The van der Waals surface area contributed by atoms with Crippen molar-refractivity contribution in [3.8, 4) is 16.9 Å². The molecule has 1 heterocycles. The number of aromatic nitrogens is 2. The van der Waals surface area contributed by atoms with Crippen molar-refractivity contribution in [2.75, 3.05) is 62.2 Å². The Kier molecular flexibility index (Phi) is 9.89. The maximum Gasteiger partial charge on any atom is 0.247 e. The van der Waals surface area contributed by atoms with Gasteiger partial charge in [0.1, 0.15) is 23.2 Å². The molecule has 4 aromatic rings. The molecule has 0 radical (unpaired) electrons. The average Bonchev–Trinajstić information content (AvgIpc) is 2.98. The number of ether oxygens (including phenoxy) is 1. The highest BCUT2D eigenvalue weighted by molar-refractivity contribution is 6.02. The molecule has 4 rings (SSSR count). The monoisotopic (exact) mass is 587 g/mol. The van der Waals surface area contributed by atoms with E-state index in [-0.39, 0.29) is 23.4 Å². The summed E-state index contributed by atoms with van der Waals surface area (Å²) in [5.74, 6) is -0.251. The maximum absolute atomic E-state index is 14.8. The van der Waals surface area contributed by atoms with Crippen molar-refractivity contribution >= 4 is 40.4 Å². The molecule has 11 heteroatoms. The SMILES string of the molecule is C=CC(=O)Nc1cc(Nc2ncc(-c3ccc(F)cc3)c(Nc3ccc(C)cc3F)n2)c(OC)cc1N(C)CCN(C)C. The van der Waals surface area contributed by atoms with Gasteiger partial charge < -0.3 is 30.5 Å². The summed E-state index contributed by atoms with van der Waals surface area (Å²) in [4.78, 5) is 25.5. The first kappa shape index (κ1) is 30.9. The minimum Gasteiger partial charge on any atom is -0.494 e. The fourth-order valence-corrected chi connectivity index (χ4v) is 4.25. The highest BCUT2D eigenvalue weighted by atomic mass is 19.1. The predicted octanol–water partition coefficient (Wildman–Crippen LogP) is 6.35. The van der Waals surface area contributed by atoms with Crippen LogP contribution >= 0.6 is 0 Å². The number of halogens is 2. The van der Waals surface area contributed by atoms with Gasteiger partial charge in [-0.2, -0.15) is 4.98 Å². The van der Waals surface area contributed by atoms with E-state index >= 15 is 0 Å². The van der Waals surface area contributed by atoms with Crippen molar-refractivity contribution in [2.45, 2.75) is 6.92 Å². The van der Waals surface area contributed by atoms with E-state index in [1.807, 2.05) is 32.1 Å². The van der Waals surface area contributed by atoms with Gasteiger partial charge in [0.25, 0.3) is 0 Å². The molecule has 0 saturated carbocycles. The van der Waals surface area contributed by atoms with E-state index in [1.54, 1.807) is 43.5 Å². The normalized spacial score (nSPS) is 10.8. The lowest BCUT2D eigenvalue weighted by Gasteiger charge is -2.26. The first-order chi connectivity index (χ1) is 20.6. The lowest BCUT2D eigenvalue weighted by Crippen LogP contribution is -2.29. The van der Waals surface area contributed by atoms with Gasteiger partial charge in [0.05, 0.1) is 29.9 Å². The molecule has 9 nitrogen and oxygen atoms in total. The minimum atomic E-state index is -0.448. The first-order valence-electron chi connectivity index (χ1n) is 13.5. The second-order valence-corrected chi connectivity index (χ2v) is 10.2. The number of carbonyl (C=O) groups is 1. The quantitative estimate of drug-likeness (QED) is 0.165. The number of hydrogen-bond acceptors (Lipinski definition) is 8. The molecule has 0 spiro atoms. The minimum absolute atomic E-state index is 0.175. The molecule has 0 aliphatic heterocycles. The molecule has 3 aromatic carbocycles. The number of methoxy groups -OCH3 is 1. The summed E-state index contributed by atoms with van der Waals surface area (Å²) in [6.45, 7) is 6.84. The fraction of sp³-hybridized carbons (Fsp3) is 0.219. The first-order valence-corrected chi connectivity index (χ1v) is 13.5. The van der Waals surface area contributed by atoms with E-state index in [1.165, 1.54) is 31.4 Å². The smallest absolute Gasteiger partial charge is 0.247 e. The Labute approximate surface area is 250 Å². The number of hydrogen-bond donors (Lipinski definition) is 3. The molecule has 0 saturated heterocycles. The van der Waals surface area contributed by atoms with Gasteiger partial charge in [-0.1, -0.05) is 24.8 Å². The van der Waals surface area contributed by atoms with Gasteiger partial charge in [0.2, 0.25) is 11.9 Å². The number of nitrogens with zero attached hydrogens (tertiary/aromatic N) is 4. The second-order valence-electron chi connectivity index (χ2n) is 10.2. The highest BCUT2D eigenvalue weighted by Crippen LogP contribution is 2.38. The number of amides is 1. The molecule has 0 aliphatic rings. The van der Waals surface area contributed by atoms with E-state index in [0.717, 1.165) is 17.8 Å². The Bertz CT molecular complexity index is 1610. The summed E-state index contributed by atoms with van der Waals surface area (Å²) >= 11 is 0. The summed E-state index contributed by atoms with van der Waals surface area (Å²) in [6.07, 6.45) is 2.76. The lowest BCUT2D eigenvalue weighted by atomic mass is 10.1. The number of likely N-dealkylation sites (N-methyl/N-ethyl adjacent to an activating group) is 2. The third-order valence-electron chi connectivity index (χ3n) is 6.62. The van der Waals surface area contributed by atoms with Crippen LogP contribution in [0.25, 0.3) is 11.1 Å². The maximum atomic E-state index is 14.8. The van der Waals surface area contributed by atoms with Crippen LogP contribution in [0.4, 0.5) is 43.3 Å². The van der Waals surface area contributed by atoms with Gasteiger partial charge in [-0.15, -0.1) is 0 Å². The van der Waals surface area contributed by atoms with Crippen LogP contribution in [-0.4, -0.2) is 62.1 Å².